The van der Waals surface area contributed by atoms with Crippen molar-refractivity contribution in [3.05, 3.63) is 60.2 Å². The first-order valence-corrected chi connectivity index (χ1v) is 5.45. The Labute approximate surface area is 98.9 Å². The second kappa shape index (κ2) is 4.22. The molecule has 17 heavy (non-hydrogen) atoms. The van der Waals surface area contributed by atoms with Crippen molar-refractivity contribution in [1.82, 2.24) is 15.0 Å². The molecular weight excluding hydrogens is 210 g/mol. The van der Waals surface area contributed by atoms with Gasteiger partial charge in [-0.25, -0.2) is 4.98 Å². The molecule has 3 nitrogen and oxygen atoms in total. The molecule has 1 aromatic carbocycles. The number of para-hydroxylation sites is 2. The van der Waals surface area contributed by atoms with Crippen LogP contribution < -0.4 is 0 Å². The molecule has 82 valence electrons. The minimum Gasteiger partial charge on any atom is -0.338 e. The molecule has 2 heterocycles. The van der Waals surface area contributed by atoms with E-state index in [-0.39, 0.29) is 0 Å². The first-order chi connectivity index (χ1) is 8.42. The molecule has 0 saturated carbocycles. The summed E-state index contributed by atoms with van der Waals surface area (Å²) in [5, 5.41) is 0. The van der Waals surface area contributed by atoms with Crippen LogP contribution in [0, 0.1) is 0 Å². The largest absolute Gasteiger partial charge is 0.338 e. The molecular formula is C14H11N3. The molecule has 2 aromatic heterocycles. The predicted molar refractivity (Wildman–Crippen MR) is 69.3 cm³/mol. The zero-order valence-electron chi connectivity index (χ0n) is 9.17. The lowest BCUT2D eigenvalue weighted by Gasteiger charge is -1.89. The van der Waals surface area contributed by atoms with Crippen molar-refractivity contribution in [2.45, 2.75) is 0 Å². The van der Waals surface area contributed by atoms with Gasteiger partial charge in [0, 0.05) is 12.4 Å². The summed E-state index contributed by atoms with van der Waals surface area (Å²) < 4.78 is 0. The standard InChI is InChI=1S/C14H11N3/c1-2-4-13-12(3-1)16-14(17-13)6-5-11-7-9-15-10-8-11/h1-10H,(H,16,17)/b6-5+. The van der Waals surface area contributed by atoms with Crippen LogP contribution in [0.15, 0.2) is 48.8 Å². The highest BCUT2D eigenvalue weighted by molar-refractivity contribution is 5.78. The van der Waals surface area contributed by atoms with Gasteiger partial charge >= 0.3 is 0 Å². The van der Waals surface area contributed by atoms with Crippen LogP contribution in [-0.2, 0) is 0 Å². The monoisotopic (exact) mass is 221 g/mol. The third-order valence-corrected chi connectivity index (χ3v) is 2.55. The van der Waals surface area contributed by atoms with Crippen molar-refractivity contribution in [2.24, 2.45) is 0 Å². The van der Waals surface area contributed by atoms with Gasteiger partial charge in [0.2, 0.25) is 0 Å². The number of fused-ring (bicyclic) bond motifs is 1. The van der Waals surface area contributed by atoms with Crippen LogP contribution in [0.5, 0.6) is 0 Å². The maximum atomic E-state index is 4.47. The number of aromatic amines is 1. The normalized spacial score (nSPS) is 11.3. The van der Waals surface area contributed by atoms with Crippen molar-refractivity contribution >= 4 is 23.2 Å². The number of hydrogen-bond acceptors (Lipinski definition) is 2. The van der Waals surface area contributed by atoms with E-state index in [9.17, 15) is 0 Å². The maximum Gasteiger partial charge on any atom is 0.131 e. The average molecular weight is 221 g/mol. The number of aromatic nitrogens is 3. The summed E-state index contributed by atoms with van der Waals surface area (Å²) in [7, 11) is 0. The molecule has 0 spiro atoms. The van der Waals surface area contributed by atoms with Crippen molar-refractivity contribution in [3.63, 3.8) is 0 Å². The summed E-state index contributed by atoms with van der Waals surface area (Å²) >= 11 is 0. The van der Waals surface area contributed by atoms with E-state index >= 15 is 0 Å². The third-order valence-electron chi connectivity index (χ3n) is 2.55. The molecule has 0 bridgehead atoms. The Bertz CT molecular complexity index is 620. The fourth-order valence-corrected chi connectivity index (χ4v) is 1.70. The molecule has 3 aromatic rings. The lowest BCUT2D eigenvalue weighted by atomic mass is 10.2. The van der Waals surface area contributed by atoms with E-state index in [4.69, 9.17) is 0 Å². The molecule has 1 N–H and O–H groups in total. The van der Waals surface area contributed by atoms with Gasteiger partial charge in [0.25, 0.3) is 0 Å². The van der Waals surface area contributed by atoms with E-state index in [1.807, 2.05) is 48.6 Å². The second-order valence-electron chi connectivity index (χ2n) is 3.75. The third kappa shape index (κ3) is 2.08. The lowest BCUT2D eigenvalue weighted by molar-refractivity contribution is 1.29. The zero-order valence-corrected chi connectivity index (χ0v) is 9.17. The summed E-state index contributed by atoms with van der Waals surface area (Å²) in [6.45, 7) is 0. The Balaban J connectivity index is 1.92. The minimum absolute atomic E-state index is 0.864. The topological polar surface area (TPSA) is 41.6 Å². The number of H-pyrrole nitrogens is 1. The van der Waals surface area contributed by atoms with Crippen LogP contribution in [0.3, 0.4) is 0 Å². The Morgan fingerprint density at radius 1 is 0.941 bits per heavy atom. The highest BCUT2D eigenvalue weighted by atomic mass is 14.9. The van der Waals surface area contributed by atoms with Crippen LogP contribution in [0.25, 0.3) is 23.2 Å². The van der Waals surface area contributed by atoms with Gasteiger partial charge in [-0.15, -0.1) is 0 Å². The molecule has 0 amide bonds. The van der Waals surface area contributed by atoms with Crippen molar-refractivity contribution in [2.75, 3.05) is 0 Å². The van der Waals surface area contributed by atoms with Gasteiger partial charge in [0.05, 0.1) is 11.0 Å². The van der Waals surface area contributed by atoms with E-state index in [2.05, 4.69) is 15.0 Å². The smallest absolute Gasteiger partial charge is 0.131 e. The molecule has 0 saturated heterocycles. The number of benzene rings is 1. The average Bonchev–Trinajstić information content (AvgIpc) is 2.80. The summed E-state index contributed by atoms with van der Waals surface area (Å²) in [6.07, 6.45) is 7.53. The zero-order chi connectivity index (χ0) is 11.5. The molecule has 0 aliphatic carbocycles. The van der Waals surface area contributed by atoms with E-state index in [1.54, 1.807) is 12.4 Å². The number of nitrogens with zero attached hydrogens (tertiary/aromatic N) is 2. The van der Waals surface area contributed by atoms with Crippen LogP contribution in [0.1, 0.15) is 11.4 Å². The summed E-state index contributed by atoms with van der Waals surface area (Å²) in [5.74, 6) is 0.864. The maximum absolute atomic E-state index is 4.47. The highest BCUT2D eigenvalue weighted by Gasteiger charge is 1.97. The number of nitrogens with one attached hydrogen (secondary N) is 1. The number of pyridine rings is 1. The molecule has 0 atom stereocenters. The minimum atomic E-state index is 0.864. The van der Waals surface area contributed by atoms with Crippen molar-refractivity contribution in [3.8, 4) is 0 Å². The SMILES string of the molecule is C(=C\c1nc2ccccc2[nH]1)/c1ccncc1. The number of rotatable bonds is 2. The van der Waals surface area contributed by atoms with Crippen LogP contribution in [-0.4, -0.2) is 15.0 Å². The first kappa shape index (κ1) is 9.78. The summed E-state index contributed by atoms with van der Waals surface area (Å²) in [5.41, 5.74) is 3.16. The number of imidazole rings is 1. The lowest BCUT2D eigenvalue weighted by Crippen LogP contribution is -1.75. The Kier molecular flexibility index (Phi) is 2.43. The number of hydrogen-bond donors (Lipinski definition) is 1. The molecule has 0 fully saturated rings. The van der Waals surface area contributed by atoms with E-state index < -0.39 is 0 Å². The van der Waals surface area contributed by atoms with Gasteiger partial charge in [-0.3, -0.25) is 4.98 Å². The molecule has 0 aliphatic rings. The van der Waals surface area contributed by atoms with Gasteiger partial charge in [-0.2, -0.15) is 0 Å². The van der Waals surface area contributed by atoms with E-state index in [0.717, 1.165) is 22.4 Å². The quantitative estimate of drug-likeness (QED) is 0.722. The van der Waals surface area contributed by atoms with Crippen LogP contribution in [0.2, 0.25) is 0 Å². The molecule has 0 unspecified atom stereocenters. The van der Waals surface area contributed by atoms with Crippen LogP contribution >= 0.6 is 0 Å². The predicted octanol–water partition coefficient (Wildman–Crippen LogP) is 3.13. The molecule has 0 aliphatic heterocycles. The van der Waals surface area contributed by atoms with E-state index in [1.165, 1.54) is 0 Å². The second-order valence-corrected chi connectivity index (χ2v) is 3.75. The molecule has 0 radical (unpaired) electrons. The van der Waals surface area contributed by atoms with Crippen molar-refractivity contribution in [1.29, 1.82) is 0 Å². The Morgan fingerprint density at radius 3 is 2.59 bits per heavy atom. The summed E-state index contributed by atoms with van der Waals surface area (Å²) in [4.78, 5) is 11.7. The van der Waals surface area contributed by atoms with Crippen molar-refractivity contribution < 1.29 is 0 Å². The first-order valence-electron chi connectivity index (χ1n) is 5.45. The van der Waals surface area contributed by atoms with Crippen LogP contribution in [0.4, 0.5) is 0 Å². The van der Waals surface area contributed by atoms with Gasteiger partial charge in [0.15, 0.2) is 0 Å². The van der Waals surface area contributed by atoms with Gasteiger partial charge < -0.3 is 4.98 Å². The fraction of sp³-hybridized carbons (Fsp3) is 0. The highest BCUT2D eigenvalue weighted by Crippen LogP contribution is 2.12. The summed E-state index contributed by atoms with van der Waals surface area (Å²) in [6, 6.07) is 11.9. The fourth-order valence-electron chi connectivity index (χ4n) is 1.70. The Hall–Kier alpha value is -2.42. The molecule has 3 rings (SSSR count). The van der Waals surface area contributed by atoms with E-state index in [0.29, 0.717) is 0 Å². The Morgan fingerprint density at radius 2 is 1.76 bits per heavy atom. The molecule has 3 heteroatoms. The van der Waals surface area contributed by atoms with Gasteiger partial charge in [-0.1, -0.05) is 18.2 Å². The van der Waals surface area contributed by atoms with Gasteiger partial charge in [-0.05, 0) is 35.9 Å². The van der Waals surface area contributed by atoms with Gasteiger partial charge in [0.1, 0.15) is 5.82 Å².